The molecule has 0 aromatic heterocycles. The number of hydrogen-bond acceptors (Lipinski definition) is 3. The van der Waals surface area contributed by atoms with Gasteiger partial charge in [-0.25, -0.2) is 0 Å². The molecule has 0 amide bonds. The lowest BCUT2D eigenvalue weighted by Gasteiger charge is -1.93. The second-order valence-corrected chi connectivity index (χ2v) is 2.36. The molecule has 0 aliphatic heterocycles. The maximum atomic E-state index is 10.7. The average molecular weight is 129 g/mol. The van der Waals surface area contributed by atoms with E-state index in [2.05, 4.69) is 4.74 Å². The summed E-state index contributed by atoms with van der Waals surface area (Å²) >= 11 is 0. The lowest BCUT2D eigenvalue weighted by Crippen LogP contribution is -2.09. The molecule has 0 aromatic carbocycles. The van der Waals surface area contributed by atoms with Crippen molar-refractivity contribution in [2.24, 2.45) is 17.6 Å². The zero-order valence-electron chi connectivity index (χ0n) is 5.46. The van der Waals surface area contributed by atoms with Crippen LogP contribution in [0, 0.1) is 11.8 Å². The highest BCUT2D eigenvalue weighted by atomic mass is 16.5. The molecule has 1 aliphatic carbocycles. The molecule has 0 spiro atoms. The van der Waals surface area contributed by atoms with Crippen molar-refractivity contribution in [2.45, 2.75) is 6.42 Å². The smallest absolute Gasteiger partial charge is 0.308 e. The number of esters is 1. The number of carbonyl (C=O) groups is 1. The fourth-order valence-corrected chi connectivity index (χ4v) is 0.948. The third kappa shape index (κ3) is 1.21. The lowest BCUT2D eigenvalue weighted by molar-refractivity contribution is -0.142. The molecule has 3 nitrogen and oxygen atoms in total. The van der Waals surface area contributed by atoms with Gasteiger partial charge in [0, 0.05) is 0 Å². The topological polar surface area (TPSA) is 52.3 Å². The van der Waals surface area contributed by atoms with E-state index in [-0.39, 0.29) is 11.9 Å². The highest BCUT2D eigenvalue weighted by molar-refractivity contribution is 5.75. The Balaban J connectivity index is 2.25. The number of hydrogen-bond donors (Lipinski definition) is 1. The molecule has 1 aliphatic rings. The number of ether oxygens (including phenoxy) is 1. The predicted octanol–water partition coefficient (Wildman–Crippen LogP) is -0.246. The van der Waals surface area contributed by atoms with Crippen LogP contribution in [0.2, 0.25) is 0 Å². The maximum absolute atomic E-state index is 10.7. The molecule has 2 atom stereocenters. The molecule has 0 heterocycles. The Morgan fingerprint density at radius 2 is 2.56 bits per heavy atom. The Morgan fingerprint density at radius 1 is 1.89 bits per heavy atom. The predicted molar refractivity (Wildman–Crippen MR) is 32.7 cm³/mol. The van der Waals surface area contributed by atoms with E-state index in [1.807, 2.05) is 0 Å². The number of methoxy groups -OCH3 is 1. The van der Waals surface area contributed by atoms with Crippen LogP contribution in [0.15, 0.2) is 0 Å². The first-order valence-electron chi connectivity index (χ1n) is 3.07. The van der Waals surface area contributed by atoms with Gasteiger partial charge in [0.15, 0.2) is 0 Å². The molecule has 52 valence electrons. The summed E-state index contributed by atoms with van der Waals surface area (Å²) in [5.41, 5.74) is 5.31. The SMILES string of the molecule is COC(=O)[C@H]1C[C@@H]1CN. The van der Waals surface area contributed by atoms with Gasteiger partial charge in [-0.2, -0.15) is 0 Å². The van der Waals surface area contributed by atoms with Gasteiger partial charge in [-0.1, -0.05) is 0 Å². The van der Waals surface area contributed by atoms with E-state index in [0.717, 1.165) is 6.42 Å². The monoisotopic (exact) mass is 129 g/mol. The molecule has 9 heavy (non-hydrogen) atoms. The Morgan fingerprint density at radius 3 is 2.89 bits per heavy atom. The van der Waals surface area contributed by atoms with E-state index < -0.39 is 0 Å². The van der Waals surface area contributed by atoms with Crippen LogP contribution in [0.1, 0.15) is 6.42 Å². The van der Waals surface area contributed by atoms with Gasteiger partial charge in [-0.15, -0.1) is 0 Å². The minimum atomic E-state index is -0.106. The summed E-state index contributed by atoms with van der Waals surface area (Å²) in [6.45, 7) is 0.611. The van der Waals surface area contributed by atoms with Gasteiger partial charge in [-0.3, -0.25) is 4.79 Å². The summed E-state index contributed by atoms with van der Waals surface area (Å²) in [5.74, 6) is 0.405. The molecule has 0 saturated heterocycles. The van der Waals surface area contributed by atoms with Crippen molar-refractivity contribution in [1.82, 2.24) is 0 Å². The van der Waals surface area contributed by atoms with E-state index in [1.165, 1.54) is 7.11 Å². The summed E-state index contributed by atoms with van der Waals surface area (Å²) in [6.07, 6.45) is 0.920. The van der Waals surface area contributed by atoms with E-state index >= 15 is 0 Å². The van der Waals surface area contributed by atoms with Gasteiger partial charge in [0.25, 0.3) is 0 Å². The van der Waals surface area contributed by atoms with Gasteiger partial charge in [0.1, 0.15) is 0 Å². The Kier molecular flexibility index (Phi) is 1.71. The van der Waals surface area contributed by atoms with Gasteiger partial charge >= 0.3 is 5.97 Å². The normalized spacial score (nSPS) is 31.8. The van der Waals surface area contributed by atoms with E-state index in [0.29, 0.717) is 12.5 Å². The van der Waals surface area contributed by atoms with E-state index in [9.17, 15) is 4.79 Å². The van der Waals surface area contributed by atoms with Crippen LogP contribution in [0.5, 0.6) is 0 Å². The molecule has 0 aromatic rings. The molecule has 0 bridgehead atoms. The lowest BCUT2D eigenvalue weighted by atomic mass is 10.3. The standard InChI is InChI=1S/C6H11NO2/c1-9-6(8)5-2-4(5)3-7/h4-5H,2-3,7H2,1H3/t4-,5+/m1/s1. The van der Waals surface area contributed by atoms with Crippen LogP contribution >= 0.6 is 0 Å². The number of nitrogens with two attached hydrogens (primary N) is 1. The van der Waals surface area contributed by atoms with Crippen LogP contribution in [0.4, 0.5) is 0 Å². The summed E-state index contributed by atoms with van der Waals surface area (Å²) in [5, 5.41) is 0. The van der Waals surface area contributed by atoms with Crippen molar-refractivity contribution in [3.63, 3.8) is 0 Å². The van der Waals surface area contributed by atoms with Crippen molar-refractivity contribution >= 4 is 5.97 Å². The summed E-state index contributed by atoms with van der Waals surface area (Å²) in [7, 11) is 1.41. The fourth-order valence-electron chi connectivity index (χ4n) is 0.948. The van der Waals surface area contributed by atoms with Gasteiger partial charge in [0.2, 0.25) is 0 Å². The second kappa shape index (κ2) is 2.35. The van der Waals surface area contributed by atoms with Gasteiger partial charge in [0.05, 0.1) is 13.0 Å². The first kappa shape index (κ1) is 6.55. The van der Waals surface area contributed by atoms with E-state index in [4.69, 9.17) is 5.73 Å². The molecule has 1 saturated carbocycles. The zero-order chi connectivity index (χ0) is 6.85. The molecule has 1 rings (SSSR count). The van der Waals surface area contributed by atoms with Crippen LogP contribution in [0.25, 0.3) is 0 Å². The first-order chi connectivity index (χ1) is 4.29. The first-order valence-corrected chi connectivity index (χ1v) is 3.07. The number of rotatable bonds is 2. The molecule has 0 unspecified atom stereocenters. The maximum Gasteiger partial charge on any atom is 0.308 e. The third-order valence-corrected chi connectivity index (χ3v) is 1.73. The van der Waals surface area contributed by atoms with Crippen LogP contribution in [-0.4, -0.2) is 19.6 Å². The Hall–Kier alpha value is -0.570. The van der Waals surface area contributed by atoms with Crippen LogP contribution in [-0.2, 0) is 9.53 Å². The summed E-state index contributed by atoms with van der Waals surface area (Å²) in [4.78, 5) is 10.7. The molecule has 2 N–H and O–H groups in total. The van der Waals surface area contributed by atoms with Crippen LogP contribution in [0.3, 0.4) is 0 Å². The van der Waals surface area contributed by atoms with Gasteiger partial charge < -0.3 is 10.5 Å². The zero-order valence-corrected chi connectivity index (χ0v) is 5.46. The minimum absolute atomic E-state index is 0.106. The second-order valence-electron chi connectivity index (χ2n) is 2.36. The van der Waals surface area contributed by atoms with Gasteiger partial charge in [-0.05, 0) is 18.9 Å². The van der Waals surface area contributed by atoms with Crippen molar-refractivity contribution in [3.8, 4) is 0 Å². The Bertz CT molecular complexity index is 124. The third-order valence-electron chi connectivity index (χ3n) is 1.73. The minimum Gasteiger partial charge on any atom is -0.469 e. The highest BCUT2D eigenvalue weighted by Crippen LogP contribution is 2.37. The van der Waals surface area contributed by atoms with E-state index in [1.54, 1.807) is 0 Å². The van der Waals surface area contributed by atoms with Crippen molar-refractivity contribution in [1.29, 1.82) is 0 Å². The summed E-state index contributed by atoms with van der Waals surface area (Å²) in [6, 6.07) is 0. The summed E-state index contributed by atoms with van der Waals surface area (Å²) < 4.78 is 4.51. The molecular formula is C6H11NO2. The van der Waals surface area contributed by atoms with Crippen molar-refractivity contribution < 1.29 is 9.53 Å². The van der Waals surface area contributed by atoms with Crippen molar-refractivity contribution in [2.75, 3.05) is 13.7 Å². The highest BCUT2D eigenvalue weighted by Gasteiger charge is 2.42. The average Bonchev–Trinajstić information content (AvgIpc) is 2.64. The largest absolute Gasteiger partial charge is 0.469 e. The fraction of sp³-hybridized carbons (Fsp3) is 0.833. The van der Waals surface area contributed by atoms with Crippen LogP contribution < -0.4 is 5.73 Å². The quantitative estimate of drug-likeness (QED) is 0.523. The Labute approximate surface area is 54.2 Å². The molecule has 1 fully saturated rings. The molecule has 3 heteroatoms. The number of carbonyl (C=O) groups excluding carboxylic acids is 1. The van der Waals surface area contributed by atoms with Crippen molar-refractivity contribution in [3.05, 3.63) is 0 Å². The molecular weight excluding hydrogens is 118 g/mol. The molecule has 0 radical (unpaired) electrons.